The van der Waals surface area contributed by atoms with Crippen molar-refractivity contribution in [2.24, 2.45) is 10.7 Å². The molecule has 3 aliphatic heterocycles. The van der Waals surface area contributed by atoms with Crippen LogP contribution in [0, 0.1) is 5.82 Å². The number of rotatable bonds is 1. The minimum atomic E-state index is -4.56. The van der Waals surface area contributed by atoms with Gasteiger partial charge < -0.3 is 19.9 Å². The van der Waals surface area contributed by atoms with E-state index in [0.29, 0.717) is 25.2 Å². The molecule has 5 nitrogen and oxygen atoms in total. The molecule has 3 aliphatic rings. The van der Waals surface area contributed by atoms with Crippen LogP contribution in [0.25, 0.3) is 5.57 Å². The van der Waals surface area contributed by atoms with Crippen molar-refractivity contribution in [1.29, 1.82) is 0 Å². The highest BCUT2D eigenvalue weighted by molar-refractivity contribution is 5.78. The van der Waals surface area contributed by atoms with E-state index < -0.39 is 23.1 Å². The third-order valence-corrected chi connectivity index (χ3v) is 5.52. The second-order valence-electron chi connectivity index (χ2n) is 7.30. The van der Waals surface area contributed by atoms with E-state index in [4.69, 9.17) is 19.9 Å². The van der Waals surface area contributed by atoms with Gasteiger partial charge in [0.25, 0.3) is 6.02 Å². The summed E-state index contributed by atoms with van der Waals surface area (Å²) in [7, 11) is 0. The molecule has 3 heterocycles. The average molecular weight is 420 g/mol. The first-order chi connectivity index (χ1) is 14.3. The van der Waals surface area contributed by atoms with Gasteiger partial charge in [0.15, 0.2) is 17.1 Å². The number of nitrogens with two attached hydrogens (primary N) is 1. The van der Waals surface area contributed by atoms with Crippen LogP contribution in [-0.2, 0) is 21.2 Å². The molecule has 2 N–H and O–H groups in total. The molecule has 0 bridgehead atoms. The minimum absolute atomic E-state index is 0.0782. The van der Waals surface area contributed by atoms with Crippen LogP contribution < -0.4 is 10.5 Å². The van der Waals surface area contributed by atoms with Crippen LogP contribution in [0.3, 0.4) is 0 Å². The van der Waals surface area contributed by atoms with Crippen molar-refractivity contribution in [1.82, 2.24) is 0 Å². The van der Waals surface area contributed by atoms with Gasteiger partial charge in [-0.2, -0.15) is 13.2 Å². The Balaban J connectivity index is 1.74. The number of benzene rings is 2. The van der Waals surface area contributed by atoms with Crippen LogP contribution in [0.4, 0.5) is 17.6 Å². The minimum Gasteiger partial charge on any atom is -0.462 e. The van der Waals surface area contributed by atoms with Crippen molar-refractivity contribution < 1.29 is 31.8 Å². The number of fused-ring (bicyclic) bond motifs is 4. The van der Waals surface area contributed by atoms with Gasteiger partial charge in [-0.05, 0) is 47.9 Å². The number of hydrogen-bond donors (Lipinski definition) is 1. The zero-order valence-corrected chi connectivity index (χ0v) is 15.6. The number of halogens is 4. The Kier molecular flexibility index (Phi) is 4.08. The molecule has 0 aromatic heterocycles. The molecule has 0 amide bonds. The maximum Gasteiger partial charge on any atom is 0.416 e. The van der Waals surface area contributed by atoms with E-state index >= 15 is 4.39 Å². The summed E-state index contributed by atoms with van der Waals surface area (Å²) in [6, 6.07) is 5.87. The first-order valence-electron chi connectivity index (χ1n) is 9.27. The molecule has 1 spiro atoms. The predicted octanol–water partition coefficient (Wildman–Crippen LogP) is 4.34. The maximum atomic E-state index is 15.1. The molecular weight excluding hydrogens is 404 g/mol. The van der Waals surface area contributed by atoms with Gasteiger partial charge in [-0.1, -0.05) is 6.08 Å². The average Bonchev–Trinajstić information content (AvgIpc) is 3.11. The van der Waals surface area contributed by atoms with Crippen molar-refractivity contribution in [3.05, 3.63) is 64.5 Å². The summed E-state index contributed by atoms with van der Waals surface area (Å²) in [5.74, 6) is -0.657. The summed E-state index contributed by atoms with van der Waals surface area (Å²) in [5.41, 5.74) is 5.32. The van der Waals surface area contributed by atoms with Gasteiger partial charge in [0, 0.05) is 11.1 Å². The van der Waals surface area contributed by atoms with Crippen molar-refractivity contribution in [3.8, 4) is 11.5 Å². The van der Waals surface area contributed by atoms with Crippen molar-refractivity contribution in [2.45, 2.75) is 18.1 Å². The summed E-state index contributed by atoms with van der Waals surface area (Å²) < 4.78 is 71.5. The molecule has 5 rings (SSSR count). The number of aliphatic imine (C=N–C) groups is 1. The zero-order valence-electron chi connectivity index (χ0n) is 15.6. The van der Waals surface area contributed by atoms with E-state index in [-0.39, 0.29) is 35.3 Å². The molecule has 1 atom stereocenters. The SMILES string of the molecule is NC1=NC2(CO1)c1cc(C(F)(F)F)ccc1Oc1c(F)cc(C3=CCOCC3)cc12. The Morgan fingerprint density at radius 3 is 2.60 bits per heavy atom. The fraction of sp³-hybridized carbons (Fsp3) is 0.286. The van der Waals surface area contributed by atoms with Crippen molar-refractivity contribution in [3.63, 3.8) is 0 Å². The Morgan fingerprint density at radius 2 is 1.93 bits per heavy atom. The van der Waals surface area contributed by atoms with Gasteiger partial charge in [0.05, 0.1) is 18.8 Å². The van der Waals surface area contributed by atoms with Crippen LogP contribution in [0.1, 0.15) is 28.7 Å². The lowest BCUT2D eigenvalue weighted by molar-refractivity contribution is -0.137. The lowest BCUT2D eigenvalue weighted by atomic mass is 9.79. The zero-order chi connectivity index (χ0) is 21.1. The van der Waals surface area contributed by atoms with Gasteiger partial charge in [-0.3, -0.25) is 0 Å². The number of alkyl halides is 3. The Labute approximate surface area is 168 Å². The van der Waals surface area contributed by atoms with Gasteiger partial charge in [-0.25, -0.2) is 9.38 Å². The van der Waals surface area contributed by atoms with Crippen LogP contribution in [0.15, 0.2) is 41.4 Å². The second kappa shape index (κ2) is 6.46. The Morgan fingerprint density at radius 1 is 1.10 bits per heavy atom. The van der Waals surface area contributed by atoms with E-state index in [9.17, 15) is 13.2 Å². The van der Waals surface area contributed by atoms with Gasteiger partial charge in [0.2, 0.25) is 0 Å². The van der Waals surface area contributed by atoms with E-state index in [2.05, 4.69) is 4.99 Å². The lowest BCUT2D eigenvalue weighted by Crippen LogP contribution is -2.32. The number of amidine groups is 1. The second-order valence-corrected chi connectivity index (χ2v) is 7.30. The predicted molar refractivity (Wildman–Crippen MR) is 99.7 cm³/mol. The maximum absolute atomic E-state index is 15.1. The number of ether oxygens (including phenoxy) is 3. The molecule has 0 radical (unpaired) electrons. The standard InChI is InChI=1S/C21H16F4N2O3/c22-16-8-12(11-3-5-28-6-4-11)7-15-18(16)30-17-2-1-13(21(23,24)25)9-14(17)20(15)10-29-19(26)27-20/h1-3,7-9H,4-6,10H2,(H2,26,27). The molecule has 1 unspecified atom stereocenters. The van der Waals surface area contributed by atoms with E-state index in [1.807, 2.05) is 6.08 Å². The van der Waals surface area contributed by atoms with Crippen LogP contribution in [0.2, 0.25) is 0 Å². The molecule has 0 saturated carbocycles. The third kappa shape index (κ3) is 2.84. The van der Waals surface area contributed by atoms with Crippen LogP contribution in [0.5, 0.6) is 11.5 Å². The summed E-state index contributed by atoms with van der Waals surface area (Å²) in [5, 5.41) is 0. The van der Waals surface area contributed by atoms with Crippen LogP contribution in [-0.4, -0.2) is 25.8 Å². The Hall–Kier alpha value is -3.07. The van der Waals surface area contributed by atoms with Gasteiger partial charge in [-0.15, -0.1) is 0 Å². The third-order valence-electron chi connectivity index (χ3n) is 5.52. The summed E-state index contributed by atoms with van der Waals surface area (Å²) in [4.78, 5) is 4.33. The first kappa shape index (κ1) is 18.9. The molecule has 0 saturated heterocycles. The smallest absolute Gasteiger partial charge is 0.416 e. The monoisotopic (exact) mass is 420 g/mol. The fourth-order valence-corrected chi connectivity index (χ4v) is 4.06. The van der Waals surface area contributed by atoms with E-state index in [0.717, 1.165) is 17.7 Å². The lowest BCUT2D eigenvalue weighted by Gasteiger charge is -2.34. The van der Waals surface area contributed by atoms with Gasteiger partial charge >= 0.3 is 6.18 Å². The molecule has 156 valence electrons. The Bertz CT molecular complexity index is 1110. The molecule has 0 fully saturated rings. The first-order valence-corrected chi connectivity index (χ1v) is 9.27. The normalized spacial score (nSPS) is 22.5. The number of nitrogens with zero attached hydrogens (tertiary/aromatic N) is 1. The quantitative estimate of drug-likeness (QED) is 0.697. The van der Waals surface area contributed by atoms with E-state index in [1.165, 1.54) is 12.1 Å². The highest BCUT2D eigenvalue weighted by Crippen LogP contribution is 2.53. The highest BCUT2D eigenvalue weighted by Gasteiger charge is 2.49. The van der Waals surface area contributed by atoms with Crippen molar-refractivity contribution >= 4 is 11.6 Å². The highest BCUT2D eigenvalue weighted by atomic mass is 19.4. The fourth-order valence-electron chi connectivity index (χ4n) is 4.06. The summed E-state index contributed by atoms with van der Waals surface area (Å²) in [6.07, 6.45) is -2.13. The largest absolute Gasteiger partial charge is 0.462 e. The molecule has 0 aliphatic carbocycles. The molecule has 2 aromatic carbocycles. The van der Waals surface area contributed by atoms with Crippen molar-refractivity contribution in [2.75, 3.05) is 19.8 Å². The molecule has 9 heteroatoms. The van der Waals surface area contributed by atoms with Gasteiger partial charge in [0.1, 0.15) is 12.4 Å². The summed E-state index contributed by atoms with van der Waals surface area (Å²) >= 11 is 0. The number of hydrogen-bond acceptors (Lipinski definition) is 5. The molecular formula is C21H16F4N2O3. The molecule has 2 aromatic rings. The van der Waals surface area contributed by atoms with Crippen LogP contribution >= 0.6 is 0 Å². The topological polar surface area (TPSA) is 66.1 Å². The summed E-state index contributed by atoms with van der Waals surface area (Å²) in [6.45, 7) is 0.744. The van der Waals surface area contributed by atoms with E-state index in [1.54, 1.807) is 6.07 Å². The molecule has 30 heavy (non-hydrogen) atoms.